The molecule has 0 aliphatic rings. The van der Waals surface area contributed by atoms with Crippen LogP contribution in [0.25, 0.3) is 11.3 Å². The van der Waals surface area contributed by atoms with E-state index in [4.69, 9.17) is 9.47 Å². The van der Waals surface area contributed by atoms with Crippen LogP contribution >= 0.6 is 0 Å². The maximum atomic E-state index is 5.73. The molecule has 0 amide bonds. The van der Waals surface area contributed by atoms with Crippen molar-refractivity contribution in [2.75, 3.05) is 7.11 Å². The topological polar surface area (TPSA) is 70.0 Å². The number of hydrogen-bond donors (Lipinski definition) is 0. The number of pyridine rings is 1. The van der Waals surface area contributed by atoms with Crippen LogP contribution in [0.5, 0.6) is 11.6 Å². The molecule has 0 radical (unpaired) electrons. The Morgan fingerprint density at radius 1 is 1.00 bits per heavy atom. The van der Waals surface area contributed by atoms with Crippen molar-refractivity contribution in [3.63, 3.8) is 0 Å². The highest BCUT2D eigenvalue weighted by molar-refractivity contribution is 5.64. The molecule has 3 rings (SSSR count). The highest BCUT2D eigenvalue weighted by atomic mass is 16.5. The molecule has 6 heteroatoms. The molecule has 0 bridgehead atoms. The lowest BCUT2D eigenvalue weighted by Gasteiger charge is -2.08. The van der Waals surface area contributed by atoms with E-state index >= 15 is 0 Å². The van der Waals surface area contributed by atoms with Crippen LogP contribution in [0.3, 0.4) is 0 Å². The fourth-order valence-electron chi connectivity index (χ4n) is 1.93. The summed E-state index contributed by atoms with van der Waals surface area (Å²) < 4.78 is 10.9. The van der Waals surface area contributed by atoms with Crippen molar-refractivity contribution in [1.82, 2.24) is 20.2 Å². The zero-order valence-corrected chi connectivity index (χ0v) is 12.0. The fraction of sp³-hybridized carbons (Fsp3) is 0.125. The van der Waals surface area contributed by atoms with Crippen molar-refractivity contribution >= 4 is 0 Å². The summed E-state index contributed by atoms with van der Waals surface area (Å²) in [7, 11) is 1.63. The summed E-state index contributed by atoms with van der Waals surface area (Å²) in [6, 6.07) is 13.1. The maximum Gasteiger partial charge on any atom is 0.244 e. The van der Waals surface area contributed by atoms with E-state index in [2.05, 4.69) is 20.2 Å². The number of methoxy groups -OCH3 is 1. The third-order valence-corrected chi connectivity index (χ3v) is 3.03. The van der Waals surface area contributed by atoms with Crippen molar-refractivity contribution in [3.05, 3.63) is 60.7 Å². The molecule has 0 aliphatic carbocycles. The van der Waals surface area contributed by atoms with E-state index in [1.165, 1.54) is 6.33 Å². The van der Waals surface area contributed by atoms with Gasteiger partial charge in [-0.3, -0.25) is 4.98 Å². The Bertz CT molecular complexity index is 733. The third-order valence-electron chi connectivity index (χ3n) is 3.03. The Morgan fingerprint density at radius 3 is 2.59 bits per heavy atom. The van der Waals surface area contributed by atoms with Crippen LogP contribution < -0.4 is 9.47 Å². The molecule has 0 fully saturated rings. The fourth-order valence-corrected chi connectivity index (χ4v) is 1.93. The molecule has 0 atom stereocenters. The summed E-state index contributed by atoms with van der Waals surface area (Å²) in [5.74, 6) is 1.20. The molecule has 2 aromatic heterocycles. The van der Waals surface area contributed by atoms with E-state index in [0.29, 0.717) is 18.2 Å². The van der Waals surface area contributed by atoms with Crippen LogP contribution in [0, 0.1) is 0 Å². The molecular weight excluding hydrogens is 280 g/mol. The molecular formula is C16H14N4O2. The molecule has 0 saturated heterocycles. The monoisotopic (exact) mass is 294 g/mol. The van der Waals surface area contributed by atoms with E-state index in [0.717, 1.165) is 17.0 Å². The predicted molar refractivity (Wildman–Crippen MR) is 80.4 cm³/mol. The molecule has 22 heavy (non-hydrogen) atoms. The molecule has 3 aromatic rings. The minimum atomic E-state index is 0.322. The first kappa shape index (κ1) is 13.9. The van der Waals surface area contributed by atoms with Gasteiger partial charge < -0.3 is 9.47 Å². The van der Waals surface area contributed by atoms with Gasteiger partial charge in [-0.15, -0.1) is 10.2 Å². The van der Waals surface area contributed by atoms with Crippen LogP contribution in [0.2, 0.25) is 0 Å². The summed E-state index contributed by atoms with van der Waals surface area (Å²) >= 11 is 0. The maximum absolute atomic E-state index is 5.73. The Morgan fingerprint density at radius 2 is 1.86 bits per heavy atom. The summed E-state index contributed by atoms with van der Waals surface area (Å²) in [5.41, 5.74) is 2.26. The molecule has 0 unspecified atom stereocenters. The average Bonchev–Trinajstić information content (AvgIpc) is 2.61. The summed E-state index contributed by atoms with van der Waals surface area (Å²) in [6.45, 7) is 0.322. The number of ether oxygens (including phenoxy) is 2. The molecule has 0 aliphatic heterocycles. The smallest absolute Gasteiger partial charge is 0.244 e. The number of hydrogen-bond acceptors (Lipinski definition) is 6. The van der Waals surface area contributed by atoms with Gasteiger partial charge in [0, 0.05) is 11.8 Å². The molecule has 0 spiro atoms. The summed E-state index contributed by atoms with van der Waals surface area (Å²) in [4.78, 5) is 8.37. The van der Waals surface area contributed by atoms with Crippen LogP contribution in [-0.2, 0) is 6.61 Å². The zero-order chi connectivity index (χ0) is 15.2. The predicted octanol–water partition coefficient (Wildman–Crippen LogP) is 2.52. The second kappa shape index (κ2) is 6.62. The van der Waals surface area contributed by atoms with Gasteiger partial charge in [0.05, 0.1) is 12.8 Å². The number of aromatic nitrogens is 4. The van der Waals surface area contributed by atoms with E-state index in [1.807, 2.05) is 42.5 Å². The van der Waals surface area contributed by atoms with Crippen LogP contribution in [0.15, 0.2) is 55.0 Å². The van der Waals surface area contributed by atoms with Gasteiger partial charge in [-0.2, -0.15) is 4.98 Å². The second-order valence-electron chi connectivity index (χ2n) is 4.45. The Balaban J connectivity index is 1.83. The largest absolute Gasteiger partial charge is 0.497 e. The van der Waals surface area contributed by atoms with E-state index in [-0.39, 0.29) is 0 Å². The Labute approximate surface area is 127 Å². The summed E-state index contributed by atoms with van der Waals surface area (Å²) in [6.07, 6.45) is 3.09. The zero-order valence-electron chi connectivity index (χ0n) is 12.0. The molecule has 110 valence electrons. The SMILES string of the molecule is COc1ccc(-c2nncnc2OCc2ccccn2)cc1. The van der Waals surface area contributed by atoms with E-state index in [1.54, 1.807) is 13.3 Å². The first-order valence-corrected chi connectivity index (χ1v) is 6.71. The normalized spacial score (nSPS) is 10.2. The Hall–Kier alpha value is -3.02. The number of nitrogens with zero attached hydrogens (tertiary/aromatic N) is 4. The van der Waals surface area contributed by atoms with Gasteiger partial charge in [0.2, 0.25) is 5.88 Å². The second-order valence-corrected chi connectivity index (χ2v) is 4.45. The molecule has 0 N–H and O–H groups in total. The first-order chi connectivity index (χ1) is 10.9. The average molecular weight is 294 g/mol. The van der Waals surface area contributed by atoms with Gasteiger partial charge in [0.15, 0.2) is 5.69 Å². The van der Waals surface area contributed by atoms with Gasteiger partial charge in [-0.05, 0) is 36.4 Å². The lowest BCUT2D eigenvalue weighted by molar-refractivity contribution is 0.288. The number of rotatable bonds is 5. The lowest BCUT2D eigenvalue weighted by Crippen LogP contribution is -2.02. The van der Waals surface area contributed by atoms with Crippen molar-refractivity contribution in [1.29, 1.82) is 0 Å². The minimum absolute atomic E-state index is 0.322. The van der Waals surface area contributed by atoms with Gasteiger partial charge >= 0.3 is 0 Å². The number of benzene rings is 1. The minimum Gasteiger partial charge on any atom is -0.497 e. The van der Waals surface area contributed by atoms with Gasteiger partial charge in [-0.1, -0.05) is 6.07 Å². The van der Waals surface area contributed by atoms with E-state index in [9.17, 15) is 0 Å². The van der Waals surface area contributed by atoms with Gasteiger partial charge in [0.1, 0.15) is 18.7 Å². The van der Waals surface area contributed by atoms with Crippen molar-refractivity contribution in [2.24, 2.45) is 0 Å². The molecule has 2 heterocycles. The lowest BCUT2D eigenvalue weighted by atomic mass is 10.1. The molecule has 6 nitrogen and oxygen atoms in total. The standard InChI is InChI=1S/C16H14N4O2/c1-21-14-7-5-12(6-8-14)15-16(18-11-19-20-15)22-10-13-4-2-3-9-17-13/h2-9,11H,10H2,1H3. The summed E-state index contributed by atoms with van der Waals surface area (Å²) in [5, 5.41) is 7.95. The van der Waals surface area contributed by atoms with E-state index < -0.39 is 0 Å². The van der Waals surface area contributed by atoms with Crippen molar-refractivity contribution in [3.8, 4) is 22.9 Å². The van der Waals surface area contributed by atoms with Crippen molar-refractivity contribution < 1.29 is 9.47 Å². The van der Waals surface area contributed by atoms with Gasteiger partial charge in [0.25, 0.3) is 0 Å². The van der Waals surface area contributed by atoms with Crippen LogP contribution in [0.1, 0.15) is 5.69 Å². The van der Waals surface area contributed by atoms with Crippen LogP contribution in [0.4, 0.5) is 0 Å². The molecule has 0 saturated carbocycles. The first-order valence-electron chi connectivity index (χ1n) is 6.71. The van der Waals surface area contributed by atoms with Gasteiger partial charge in [-0.25, -0.2) is 0 Å². The quantitative estimate of drug-likeness (QED) is 0.720. The third kappa shape index (κ3) is 3.17. The highest BCUT2D eigenvalue weighted by Gasteiger charge is 2.11. The van der Waals surface area contributed by atoms with Crippen molar-refractivity contribution in [2.45, 2.75) is 6.61 Å². The molecule has 1 aromatic carbocycles. The Kier molecular flexibility index (Phi) is 4.20. The van der Waals surface area contributed by atoms with Crippen LogP contribution in [-0.4, -0.2) is 27.3 Å². The highest BCUT2D eigenvalue weighted by Crippen LogP contribution is 2.26.